The third kappa shape index (κ3) is 7.55. The number of guanidine groups is 1. The summed E-state index contributed by atoms with van der Waals surface area (Å²) in [6.45, 7) is 12.8. The number of nitrogens with zero attached hydrogens (tertiary/aromatic N) is 3. The molecule has 7 nitrogen and oxygen atoms in total. The van der Waals surface area contributed by atoms with E-state index < -0.39 is 0 Å². The summed E-state index contributed by atoms with van der Waals surface area (Å²) in [5.74, 6) is 1.94. The highest BCUT2D eigenvalue weighted by molar-refractivity contribution is 14.0. The summed E-state index contributed by atoms with van der Waals surface area (Å²) in [5, 5.41) is 10.8. The fraction of sp³-hybridized carbons (Fsp3) is 0.545. The van der Waals surface area contributed by atoms with E-state index in [1.165, 1.54) is 11.1 Å². The normalized spacial score (nSPS) is 15.1. The number of nitrogens with one attached hydrogen (secondary N) is 2. The van der Waals surface area contributed by atoms with E-state index in [4.69, 9.17) is 14.3 Å². The van der Waals surface area contributed by atoms with Crippen LogP contribution in [-0.2, 0) is 24.4 Å². The summed E-state index contributed by atoms with van der Waals surface area (Å²) in [5.41, 5.74) is 3.55. The van der Waals surface area contributed by atoms with Crippen LogP contribution in [0.15, 0.2) is 39.8 Å². The molecule has 0 unspecified atom stereocenters. The molecule has 2 aromatic rings. The molecule has 2 heterocycles. The van der Waals surface area contributed by atoms with Crippen LogP contribution in [0.25, 0.3) is 0 Å². The van der Waals surface area contributed by atoms with Gasteiger partial charge in [0.1, 0.15) is 0 Å². The average molecular weight is 527 g/mol. The predicted molar refractivity (Wildman–Crippen MR) is 130 cm³/mol. The van der Waals surface area contributed by atoms with Gasteiger partial charge in [0.2, 0.25) is 0 Å². The van der Waals surface area contributed by atoms with Gasteiger partial charge in [-0.2, -0.15) is 0 Å². The van der Waals surface area contributed by atoms with Gasteiger partial charge in [0.15, 0.2) is 11.7 Å². The molecular formula is C22H34IN5O2. The van der Waals surface area contributed by atoms with Crippen LogP contribution in [0, 0.1) is 0 Å². The van der Waals surface area contributed by atoms with Crippen LogP contribution < -0.4 is 10.6 Å². The van der Waals surface area contributed by atoms with E-state index in [2.05, 4.69) is 65.7 Å². The van der Waals surface area contributed by atoms with Crippen molar-refractivity contribution in [3.63, 3.8) is 0 Å². The number of ether oxygens (including phenoxy) is 1. The maximum Gasteiger partial charge on any atom is 0.191 e. The van der Waals surface area contributed by atoms with E-state index in [1.807, 2.05) is 6.07 Å². The Bertz CT molecular complexity index is 787. The number of hydrogen-bond acceptors (Lipinski definition) is 5. The van der Waals surface area contributed by atoms with Crippen LogP contribution in [-0.4, -0.2) is 48.9 Å². The van der Waals surface area contributed by atoms with Crippen LogP contribution in [0.1, 0.15) is 49.3 Å². The molecule has 0 bridgehead atoms. The van der Waals surface area contributed by atoms with Gasteiger partial charge in [0.05, 0.1) is 32.0 Å². The van der Waals surface area contributed by atoms with Crippen molar-refractivity contribution >= 4 is 29.9 Å². The zero-order valence-corrected chi connectivity index (χ0v) is 20.5. The second kappa shape index (κ2) is 12.9. The van der Waals surface area contributed by atoms with Crippen molar-refractivity contribution in [2.75, 3.05) is 32.8 Å². The number of aliphatic imine (C=N–C) groups is 1. The Labute approximate surface area is 196 Å². The topological polar surface area (TPSA) is 74.9 Å². The van der Waals surface area contributed by atoms with E-state index in [-0.39, 0.29) is 24.0 Å². The zero-order valence-electron chi connectivity index (χ0n) is 18.2. The van der Waals surface area contributed by atoms with Crippen LogP contribution in [0.4, 0.5) is 0 Å². The lowest BCUT2D eigenvalue weighted by atomic mass is 10.1. The van der Waals surface area contributed by atoms with E-state index in [0.717, 1.165) is 56.8 Å². The smallest absolute Gasteiger partial charge is 0.191 e. The van der Waals surface area contributed by atoms with Crippen molar-refractivity contribution in [3.8, 4) is 0 Å². The molecule has 30 heavy (non-hydrogen) atoms. The lowest BCUT2D eigenvalue weighted by molar-refractivity contribution is 0.0341. The fourth-order valence-electron chi connectivity index (χ4n) is 3.23. The van der Waals surface area contributed by atoms with Gasteiger partial charge < -0.3 is 19.9 Å². The predicted octanol–water partition coefficient (Wildman–Crippen LogP) is 3.50. The second-order valence-electron chi connectivity index (χ2n) is 7.58. The number of aromatic nitrogens is 1. The quantitative estimate of drug-likeness (QED) is 0.311. The first-order chi connectivity index (χ1) is 14.2. The first-order valence-electron chi connectivity index (χ1n) is 10.5. The molecule has 0 saturated carbocycles. The highest BCUT2D eigenvalue weighted by Crippen LogP contribution is 2.15. The molecule has 8 heteroatoms. The third-order valence-corrected chi connectivity index (χ3v) is 4.97. The Morgan fingerprint density at radius 1 is 1.17 bits per heavy atom. The summed E-state index contributed by atoms with van der Waals surface area (Å²) in [6, 6.07) is 10.5. The first-order valence-corrected chi connectivity index (χ1v) is 10.5. The molecule has 1 aromatic heterocycles. The van der Waals surface area contributed by atoms with Gasteiger partial charge >= 0.3 is 0 Å². The fourth-order valence-corrected chi connectivity index (χ4v) is 3.23. The minimum absolute atomic E-state index is 0. The summed E-state index contributed by atoms with van der Waals surface area (Å²) < 4.78 is 10.9. The van der Waals surface area contributed by atoms with Crippen molar-refractivity contribution in [2.45, 2.75) is 46.3 Å². The molecule has 1 saturated heterocycles. The van der Waals surface area contributed by atoms with Gasteiger partial charge in [-0.05, 0) is 24.0 Å². The van der Waals surface area contributed by atoms with Gasteiger partial charge in [-0.25, -0.2) is 4.99 Å². The molecule has 0 atom stereocenters. The van der Waals surface area contributed by atoms with Crippen molar-refractivity contribution in [1.29, 1.82) is 0 Å². The van der Waals surface area contributed by atoms with Gasteiger partial charge in [-0.1, -0.05) is 43.3 Å². The SMILES string of the molecule is CCNC(=NCc1ccccc1CN1CCOCC1)NCc1cc(C(C)C)no1.I. The minimum Gasteiger partial charge on any atom is -0.379 e. The largest absolute Gasteiger partial charge is 0.379 e. The molecule has 0 spiro atoms. The third-order valence-electron chi connectivity index (χ3n) is 4.97. The van der Waals surface area contributed by atoms with Crippen LogP contribution in [0.2, 0.25) is 0 Å². The molecule has 1 aliphatic rings. The molecule has 1 fully saturated rings. The number of morpholine rings is 1. The number of benzene rings is 1. The maximum absolute atomic E-state index is 5.46. The molecule has 0 amide bonds. The van der Waals surface area contributed by atoms with E-state index >= 15 is 0 Å². The Morgan fingerprint density at radius 2 is 1.90 bits per heavy atom. The second-order valence-corrected chi connectivity index (χ2v) is 7.58. The van der Waals surface area contributed by atoms with Crippen LogP contribution in [0.5, 0.6) is 0 Å². The van der Waals surface area contributed by atoms with Gasteiger partial charge in [0, 0.05) is 32.2 Å². The molecule has 0 radical (unpaired) electrons. The molecule has 2 N–H and O–H groups in total. The van der Waals surface area contributed by atoms with E-state index in [1.54, 1.807) is 0 Å². The van der Waals surface area contributed by atoms with E-state index in [9.17, 15) is 0 Å². The van der Waals surface area contributed by atoms with Gasteiger partial charge in [-0.3, -0.25) is 4.90 Å². The number of hydrogen-bond donors (Lipinski definition) is 2. The summed E-state index contributed by atoms with van der Waals surface area (Å²) >= 11 is 0. The standard InChI is InChI=1S/C22H33N5O2.HI/c1-4-23-22(25-15-20-13-21(17(2)3)26-29-20)24-14-18-7-5-6-8-19(18)16-27-9-11-28-12-10-27;/h5-8,13,17H,4,9-12,14-16H2,1-3H3,(H2,23,24,25);1H. The molecule has 0 aliphatic carbocycles. The van der Waals surface area contributed by atoms with Crippen LogP contribution >= 0.6 is 24.0 Å². The zero-order chi connectivity index (χ0) is 20.5. The molecule has 1 aromatic carbocycles. The van der Waals surface area contributed by atoms with Crippen molar-refractivity contribution in [1.82, 2.24) is 20.7 Å². The number of rotatable bonds is 8. The summed E-state index contributed by atoms with van der Waals surface area (Å²) in [6.07, 6.45) is 0. The Morgan fingerprint density at radius 3 is 2.57 bits per heavy atom. The molecule has 1 aliphatic heterocycles. The van der Waals surface area contributed by atoms with Crippen molar-refractivity contribution < 1.29 is 9.26 Å². The van der Waals surface area contributed by atoms with Crippen molar-refractivity contribution in [2.24, 2.45) is 4.99 Å². The Hall–Kier alpha value is -1.65. The highest BCUT2D eigenvalue weighted by Gasteiger charge is 2.13. The minimum atomic E-state index is 0. The first kappa shape index (κ1) is 24.6. The summed E-state index contributed by atoms with van der Waals surface area (Å²) in [4.78, 5) is 7.22. The molecule has 166 valence electrons. The molecule has 3 rings (SSSR count). The van der Waals surface area contributed by atoms with Gasteiger partial charge in [-0.15, -0.1) is 24.0 Å². The average Bonchev–Trinajstić information content (AvgIpc) is 3.21. The molecular weight excluding hydrogens is 493 g/mol. The number of halogens is 1. The lowest BCUT2D eigenvalue weighted by Gasteiger charge is -2.27. The summed E-state index contributed by atoms with van der Waals surface area (Å²) in [7, 11) is 0. The highest BCUT2D eigenvalue weighted by atomic mass is 127. The van der Waals surface area contributed by atoms with Crippen LogP contribution in [0.3, 0.4) is 0 Å². The van der Waals surface area contributed by atoms with Crippen molar-refractivity contribution in [3.05, 3.63) is 52.9 Å². The Balaban J connectivity index is 0.00000320. The van der Waals surface area contributed by atoms with Gasteiger partial charge in [0.25, 0.3) is 0 Å². The van der Waals surface area contributed by atoms with E-state index in [0.29, 0.717) is 19.0 Å². The maximum atomic E-state index is 5.46. The Kier molecular flexibility index (Phi) is 10.6. The lowest BCUT2D eigenvalue weighted by Crippen LogP contribution is -2.37. The monoisotopic (exact) mass is 527 g/mol.